The number of carbonyl (C=O) groups excluding carboxylic acids is 1. The van der Waals surface area contributed by atoms with Gasteiger partial charge in [-0.05, 0) is 56.7 Å². The third-order valence-corrected chi connectivity index (χ3v) is 6.29. The zero-order valence-electron chi connectivity index (χ0n) is 18.2. The van der Waals surface area contributed by atoms with Crippen LogP contribution in [-0.4, -0.2) is 53.7 Å². The maximum atomic E-state index is 12.4. The van der Waals surface area contributed by atoms with E-state index < -0.39 is 0 Å². The lowest BCUT2D eigenvalue weighted by Crippen LogP contribution is -2.34. The van der Waals surface area contributed by atoms with Crippen molar-refractivity contribution < 1.29 is 15.7 Å². The van der Waals surface area contributed by atoms with E-state index in [0.717, 1.165) is 61.2 Å². The highest BCUT2D eigenvalue weighted by Gasteiger charge is 2.43. The van der Waals surface area contributed by atoms with Crippen molar-refractivity contribution >= 4 is 34.3 Å². The van der Waals surface area contributed by atoms with Gasteiger partial charge < -0.3 is 20.5 Å². The van der Waals surface area contributed by atoms with Gasteiger partial charge in [0.15, 0.2) is 0 Å². The number of ether oxygens (including phenoxy) is 2. The van der Waals surface area contributed by atoms with Gasteiger partial charge in [-0.2, -0.15) is 0 Å². The highest BCUT2D eigenvalue weighted by molar-refractivity contribution is 6.00. The number of hydrogen-bond donors (Lipinski definition) is 2. The van der Waals surface area contributed by atoms with Crippen LogP contribution in [0, 0.1) is 5.92 Å². The summed E-state index contributed by atoms with van der Waals surface area (Å²) in [7, 11) is 0. The van der Waals surface area contributed by atoms with Gasteiger partial charge in [0, 0.05) is 38.1 Å². The number of cyclic esters (lactones) is 1. The highest BCUT2D eigenvalue weighted by atomic mass is 16.6. The standard InChI is InChI=1S/C23H28N6O3.H2/c1-14(26-17-6-8-31-9-7-17)20(11-24)28-22-25-12-16-4-5-18(10-19(16)27-22)29-21(15-2-3-15)13-32-23(29)30;/h4-5,10-12,15,17,21H,2-3,6-9,13,24H2,1H3,(H,25,27,28);1H/b20-11+,26-14?;. The Balaban J connectivity index is 0.00000259. The Morgan fingerprint density at radius 3 is 2.88 bits per heavy atom. The molecule has 1 aromatic heterocycles. The molecular formula is C23H30N6O3. The normalized spacial score (nSPS) is 23.0. The van der Waals surface area contributed by atoms with E-state index in [4.69, 9.17) is 20.2 Å². The molecule has 9 nitrogen and oxygen atoms in total. The molecular weight excluding hydrogens is 408 g/mol. The Kier molecular flexibility index (Phi) is 5.65. The fourth-order valence-electron chi connectivity index (χ4n) is 4.31. The van der Waals surface area contributed by atoms with Gasteiger partial charge in [0.1, 0.15) is 6.61 Å². The third kappa shape index (κ3) is 4.25. The lowest BCUT2D eigenvalue weighted by Gasteiger charge is -2.21. The molecule has 3 aliphatic rings. The highest BCUT2D eigenvalue weighted by Crippen LogP contribution is 2.40. The van der Waals surface area contributed by atoms with Crippen LogP contribution in [0.2, 0.25) is 0 Å². The predicted molar refractivity (Wildman–Crippen MR) is 125 cm³/mol. The second-order valence-corrected chi connectivity index (χ2v) is 8.55. The van der Waals surface area contributed by atoms with Crippen LogP contribution in [0.5, 0.6) is 0 Å². The number of carbonyl (C=O) groups is 1. The number of nitrogens with one attached hydrogen (secondary N) is 1. The largest absolute Gasteiger partial charge is 0.447 e. The van der Waals surface area contributed by atoms with Gasteiger partial charge in [-0.3, -0.25) is 9.89 Å². The van der Waals surface area contributed by atoms with Crippen LogP contribution < -0.4 is 16.0 Å². The molecule has 32 heavy (non-hydrogen) atoms. The first kappa shape index (κ1) is 20.7. The predicted octanol–water partition coefficient (Wildman–Crippen LogP) is 3.46. The number of allylic oxidation sites excluding steroid dienone is 1. The number of aromatic nitrogens is 2. The molecule has 2 aliphatic heterocycles. The minimum atomic E-state index is -0.290. The summed E-state index contributed by atoms with van der Waals surface area (Å²) >= 11 is 0. The Labute approximate surface area is 188 Å². The van der Waals surface area contributed by atoms with E-state index in [1.807, 2.05) is 25.1 Å². The van der Waals surface area contributed by atoms with Crippen LogP contribution in [0.25, 0.3) is 10.9 Å². The van der Waals surface area contributed by atoms with E-state index in [1.54, 1.807) is 11.1 Å². The number of rotatable bonds is 6. The van der Waals surface area contributed by atoms with Crippen LogP contribution in [0.3, 0.4) is 0 Å². The summed E-state index contributed by atoms with van der Waals surface area (Å²) in [6.07, 6.45) is 7.06. The molecule has 1 saturated carbocycles. The fourth-order valence-corrected chi connectivity index (χ4v) is 4.31. The minimum Gasteiger partial charge on any atom is -0.447 e. The zero-order chi connectivity index (χ0) is 22.1. The van der Waals surface area contributed by atoms with Crippen molar-refractivity contribution in [1.82, 2.24) is 9.97 Å². The van der Waals surface area contributed by atoms with Gasteiger partial charge in [-0.25, -0.2) is 14.8 Å². The average molecular weight is 439 g/mol. The summed E-state index contributed by atoms with van der Waals surface area (Å²) in [6, 6.07) is 6.12. The van der Waals surface area contributed by atoms with Gasteiger partial charge in [0.2, 0.25) is 5.95 Å². The van der Waals surface area contributed by atoms with E-state index in [-0.39, 0.29) is 19.6 Å². The molecule has 2 aromatic rings. The minimum absolute atomic E-state index is 0. The van der Waals surface area contributed by atoms with Gasteiger partial charge in [-0.1, -0.05) is 0 Å². The summed E-state index contributed by atoms with van der Waals surface area (Å²) in [6.45, 7) is 3.85. The smallest absolute Gasteiger partial charge is 0.414 e. The zero-order valence-corrected chi connectivity index (χ0v) is 18.2. The Morgan fingerprint density at radius 2 is 2.12 bits per heavy atom. The van der Waals surface area contributed by atoms with Crippen molar-refractivity contribution in [2.75, 3.05) is 30.0 Å². The van der Waals surface area contributed by atoms with Crippen molar-refractivity contribution in [1.29, 1.82) is 0 Å². The molecule has 1 atom stereocenters. The van der Waals surface area contributed by atoms with E-state index in [1.165, 1.54) is 6.20 Å². The van der Waals surface area contributed by atoms with Gasteiger partial charge in [-0.15, -0.1) is 0 Å². The number of hydrogen-bond acceptors (Lipinski definition) is 8. The van der Waals surface area contributed by atoms with E-state index >= 15 is 0 Å². The lowest BCUT2D eigenvalue weighted by atomic mass is 10.1. The number of nitrogens with two attached hydrogens (primary N) is 1. The molecule has 3 N–H and O–H groups in total. The summed E-state index contributed by atoms with van der Waals surface area (Å²) in [5.74, 6) is 0.950. The molecule has 2 saturated heterocycles. The van der Waals surface area contributed by atoms with Crippen molar-refractivity contribution in [3.05, 3.63) is 36.3 Å². The summed E-state index contributed by atoms with van der Waals surface area (Å²) in [5, 5.41) is 4.08. The number of fused-ring (bicyclic) bond motifs is 1. The van der Waals surface area contributed by atoms with Crippen molar-refractivity contribution in [3.63, 3.8) is 0 Å². The number of aliphatic imine (C=N–C) groups is 1. The lowest BCUT2D eigenvalue weighted by molar-refractivity contribution is 0.0871. The van der Waals surface area contributed by atoms with Gasteiger partial charge >= 0.3 is 6.09 Å². The molecule has 3 heterocycles. The topological polar surface area (TPSA) is 115 Å². The number of anilines is 2. The molecule has 1 aliphatic carbocycles. The number of nitrogens with zero attached hydrogens (tertiary/aromatic N) is 4. The molecule has 1 amide bonds. The first-order chi connectivity index (χ1) is 15.6. The second-order valence-electron chi connectivity index (χ2n) is 8.55. The van der Waals surface area contributed by atoms with Crippen LogP contribution in [-0.2, 0) is 9.47 Å². The van der Waals surface area contributed by atoms with E-state index in [9.17, 15) is 4.79 Å². The van der Waals surface area contributed by atoms with Crippen molar-refractivity contribution in [3.8, 4) is 0 Å². The summed E-state index contributed by atoms with van der Waals surface area (Å²) in [4.78, 5) is 28.0. The average Bonchev–Trinajstić information content (AvgIpc) is 3.59. The number of benzene rings is 1. The fraction of sp³-hybridized carbons (Fsp3) is 0.478. The van der Waals surface area contributed by atoms with Crippen LogP contribution in [0.15, 0.2) is 41.3 Å². The molecule has 0 spiro atoms. The maximum Gasteiger partial charge on any atom is 0.414 e. The van der Waals surface area contributed by atoms with Crippen molar-refractivity contribution in [2.45, 2.75) is 44.7 Å². The summed E-state index contributed by atoms with van der Waals surface area (Å²) < 4.78 is 10.7. The maximum absolute atomic E-state index is 12.4. The Bertz CT molecular complexity index is 1080. The van der Waals surface area contributed by atoms with Gasteiger partial charge in [0.05, 0.1) is 29.0 Å². The molecule has 5 rings (SSSR count). The molecule has 0 bridgehead atoms. The number of amides is 1. The summed E-state index contributed by atoms with van der Waals surface area (Å²) in [5.41, 5.74) is 8.89. The van der Waals surface area contributed by atoms with Crippen molar-refractivity contribution in [2.24, 2.45) is 16.6 Å². The van der Waals surface area contributed by atoms with E-state index in [2.05, 4.69) is 15.3 Å². The van der Waals surface area contributed by atoms with Gasteiger partial charge in [0.25, 0.3) is 0 Å². The molecule has 9 heteroatoms. The molecule has 1 aromatic carbocycles. The molecule has 1 unspecified atom stereocenters. The molecule has 0 radical (unpaired) electrons. The molecule has 170 valence electrons. The first-order valence-electron chi connectivity index (χ1n) is 11.2. The monoisotopic (exact) mass is 438 g/mol. The Hall–Kier alpha value is -3.20. The first-order valence-corrected chi connectivity index (χ1v) is 11.2. The second kappa shape index (κ2) is 8.74. The van der Waals surface area contributed by atoms with Crippen LogP contribution in [0.1, 0.15) is 34.0 Å². The van der Waals surface area contributed by atoms with Crippen LogP contribution >= 0.6 is 0 Å². The molecule has 3 fully saturated rings. The van der Waals surface area contributed by atoms with Crippen LogP contribution in [0.4, 0.5) is 16.4 Å². The third-order valence-electron chi connectivity index (χ3n) is 6.29. The Morgan fingerprint density at radius 1 is 1.31 bits per heavy atom. The quantitative estimate of drug-likeness (QED) is 0.664. The van der Waals surface area contributed by atoms with E-state index in [0.29, 0.717) is 24.2 Å². The SMILES string of the molecule is CC(=NC1CCOCC1)/C(=C\N)Nc1ncc2ccc(N3C(=O)OCC3C3CC3)cc2n1.[HH].